The van der Waals surface area contributed by atoms with Gasteiger partial charge < -0.3 is 5.32 Å². The van der Waals surface area contributed by atoms with Crippen molar-refractivity contribution in [2.45, 2.75) is 17.7 Å². The van der Waals surface area contributed by atoms with E-state index in [1.807, 2.05) is 18.4 Å². The molecule has 1 aliphatic heterocycles. The Labute approximate surface area is 81.7 Å². The minimum atomic E-state index is 0.133. The van der Waals surface area contributed by atoms with Crippen molar-refractivity contribution >= 4 is 23.4 Å². The fourth-order valence-electron chi connectivity index (χ4n) is 1.55. The zero-order chi connectivity index (χ0) is 9.26. The van der Waals surface area contributed by atoms with Crippen molar-refractivity contribution in [1.29, 1.82) is 0 Å². The van der Waals surface area contributed by atoms with Gasteiger partial charge in [0.15, 0.2) is 0 Å². The molecule has 13 heavy (non-hydrogen) atoms. The van der Waals surface area contributed by atoms with Gasteiger partial charge in [0.25, 0.3) is 0 Å². The van der Waals surface area contributed by atoms with E-state index in [-0.39, 0.29) is 5.91 Å². The van der Waals surface area contributed by atoms with E-state index in [2.05, 4.69) is 11.4 Å². The molecule has 3 heteroatoms. The van der Waals surface area contributed by atoms with Gasteiger partial charge in [-0.05, 0) is 24.3 Å². The summed E-state index contributed by atoms with van der Waals surface area (Å²) in [5.74, 6) is 0.133. The van der Waals surface area contributed by atoms with Gasteiger partial charge in [-0.25, -0.2) is 0 Å². The molecule has 0 spiro atoms. The Hall–Kier alpha value is -0.960. The molecule has 68 valence electrons. The fraction of sp³-hybridized carbons (Fsp3) is 0.300. The monoisotopic (exact) mass is 193 g/mol. The van der Waals surface area contributed by atoms with Gasteiger partial charge in [-0.1, -0.05) is 12.1 Å². The Morgan fingerprint density at radius 2 is 2.23 bits per heavy atom. The molecule has 0 aromatic heterocycles. The molecule has 0 saturated carbocycles. The normalized spacial score (nSPS) is 15.0. The number of hydrogen-bond donors (Lipinski definition) is 1. The maximum absolute atomic E-state index is 11.2. The molecule has 0 radical (unpaired) electrons. The van der Waals surface area contributed by atoms with Crippen molar-refractivity contribution in [1.82, 2.24) is 0 Å². The van der Waals surface area contributed by atoms with E-state index in [1.165, 1.54) is 5.56 Å². The molecule has 0 atom stereocenters. The summed E-state index contributed by atoms with van der Waals surface area (Å²) in [7, 11) is 0. The van der Waals surface area contributed by atoms with Gasteiger partial charge >= 0.3 is 0 Å². The fourth-order valence-corrected chi connectivity index (χ4v) is 2.15. The summed E-state index contributed by atoms with van der Waals surface area (Å²) in [6, 6.07) is 6.16. The van der Waals surface area contributed by atoms with Gasteiger partial charge in [0.05, 0.1) is 5.69 Å². The van der Waals surface area contributed by atoms with Crippen LogP contribution >= 0.6 is 11.8 Å². The standard InChI is InChI=1S/C10H11NOS/c1-13-8-4-2-3-7-5-6-9(12)11-10(7)8/h2-4H,5-6H2,1H3,(H,11,12). The summed E-state index contributed by atoms with van der Waals surface area (Å²) in [4.78, 5) is 12.3. The van der Waals surface area contributed by atoms with Crippen LogP contribution in [-0.4, -0.2) is 12.2 Å². The lowest BCUT2D eigenvalue weighted by Crippen LogP contribution is -2.19. The maximum Gasteiger partial charge on any atom is 0.224 e. The first-order valence-electron chi connectivity index (χ1n) is 4.27. The molecule has 1 aromatic rings. The third kappa shape index (κ3) is 1.56. The van der Waals surface area contributed by atoms with Gasteiger partial charge in [0, 0.05) is 11.3 Å². The van der Waals surface area contributed by atoms with Crippen molar-refractivity contribution < 1.29 is 4.79 Å². The van der Waals surface area contributed by atoms with Crippen molar-refractivity contribution in [3.05, 3.63) is 23.8 Å². The first kappa shape index (κ1) is 8.63. The third-order valence-corrected chi connectivity index (χ3v) is 3.00. The second-order valence-electron chi connectivity index (χ2n) is 3.04. The molecule has 0 bridgehead atoms. The van der Waals surface area contributed by atoms with Crippen molar-refractivity contribution in [2.75, 3.05) is 11.6 Å². The molecule has 1 aliphatic rings. The molecule has 1 aromatic carbocycles. The highest BCUT2D eigenvalue weighted by molar-refractivity contribution is 7.98. The zero-order valence-electron chi connectivity index (χ0n) is 7.46. The van der Waals surface area contributed by atoms with Crippen LogP contribution < -0.4 is 5.32 Å². The Morgan fingerprint density at radius 1 is 1.38 bits per heavy atom. The molecule has 1 heterocycles. The molecule has 0 aliphatic carbocycles. The highest BCUT2D eigenvalue weighted by atomic mass is 32.2. The van der Waals surface area contributed by atoms with Gasteiger partial charge in [-0.15, -0.1) is 11.8 Å². The highest BCUT2D eigenvalue weighted by Crippen LogP contribution is 2.31. The summed E-state index contributed by atoms with van der Waals surface area (Å²) in [6.07, 6.45) is 3.51. The molecular formula is C10H11NOS. The van der Waals surface area contributed by atoms with Crippen LogP contribution in [-0.2, 0) is 11.2 Å². The smallest absolute Gasteiger partial charge is 0.224 e. The second-order valence-corrected chi connectivity index (χ2v) is 3.89. The molecule has 2 nitrogen and oxygen atoms in total. The van der Waals surface area contributed by atoms with Crippen LogP contribution in [0.4, 0.5) is 5.69 Å². The SMILES string of the molecule is CSc1cccc2c1NC(=O)CC2. The summed E-state index contributed by atoms with van der Waals surface area (Å²) in [5.41, 5.74) is 2.28. The van der Waals surface area contributed by atoms with E-state index in [4.69, 9.17) is 0 Å². The number of amides is 1. The van der Waals surface area contributed by atoms with Crippen LogP contribution in [0.1, 0.15) is 12.0 Å². The van der Waals surface area contributed by atoms with Gasteiger partial charge in [-0.2, -0.15) is 0 Å². The minimum Gasteiger partial charge on any atom is -0.325 e. The number of hydrogen-bond acceptors (Lipinski definition) is 2. The number of para-hydroxylation sites is 1. The van der Waals surface area contributed by atoms with E-state index < -0.39 is 0 Å². The van der Waals surface area contributed by atoms with Crippen LogP contribution in [0.15, 0.2) is 23.1 Å². The number of rotatable bonds is 1. The van der Waals surface area contributed by atoms with E-state index in [9.17, 15) is 4.79 Å². The van der Waals surface area contributed by atoms with Crippen LogP contribution in [0.25, 0.3) is 0 Å². The summed E-state index contributed by atoms with van der Waals surface area (Å²) in [6.45, 7) is 0. The Balaban J connectivity index is 2.46. The molecular weight excluding hydrogens is 182 g/mol. The van der Waals surface area contributed by atoms with Crippen molar-refractivity contribution in [3.63, 3.8) is 0 Å². The van der Waals surface area contributed by atoms with Crippen molar-refractivity contribution in [3.8, 4) is 0 Å². The van der Waals surface area contributed by atoms with E-state index in [0.29, 0.717) is 6.42 Å². The number of nitrogens with one attached hydrogen (secondary N) is 1. The third-order valence-electron chi connectivity index (χ3n) is 2.22. The van der Waals surface area contributed by atoms with Crippen molar-refractivity contribution in [2.24, 2.45) is 0 Å². The molecule has 0 saturated heterocycles. The predicted molar refractivity (Wildman–Crippen MR) is 55.2 cm³/mol. The molecule has 2 rings (SSSR count). The Kier molecular flexibility index (Phi) is 2.27. The first-order chi connectivity index (χ1) is 6.31. The number of benzene rings is 1. The number of anilines is 1. The van der Waals surface area contributed by atoms with E-state index >= 15 is 0 Å². The second kappa shape index (κ2) is 3.42. The molecule has 0 fully saturated rings. The number of aryl methyl sites for hydroxylation is 1. The lowest BCUT2D eigenvalue weighted by atomic mass is 10.0. The van der Waals surface area contributed by atoms with Crippen LogP contribution in [0.5, 0.6) is 0 Å². The lowest BCUT2D eigenvalue weighted by molar-refractivity contribution is -0.116. The van der Waals surface area contributed by atoms with Gasteiger partial charge in [0.2, 0.25) is 5.91 Å². The average molecular weight is 193 g/mol. The topological polar surface area (TPSA) is 29.1 Å². The molecule has 1 N–H and O–H groups in total. The summed E-state index contributed by atoms with van der Waals surface area (Å²) < 4.78 is 0. The highest BCUT2D eigenvalue weighted by Gasteiger charge is 2.16. The quantitative estimate of drug-likeness (QED) is 0.693. The predicted octanol–water partition coefficient (Wildman–Crippen LogP) is 2.29. The van der Waals surface area contributed by atoms with Crippen LogP contribution in [0.3, 0.4) is 0 Å². The van der Waals surface area contributed by atoms with Crippen LogP contribution in [0, 0.1) is 0 Å². The van der Waals surface area contributed by atoms with Gasteiger partial charge in [0.1, 0.15) is 0 Å². The largest absolute Gasteiger partial charge is 0.325 e. The molecule has 1 amide bonds. The number of carbonyl (C=O) groups is 1. The first-order valence-corrected chi connectivity index (χ1v) is 5.49. The van der Waals surface area contributed by atoms with Crippen LogP contribution in [0.2, 0.25) is 0 Å². The van der Waals surface area contributed by atoms with E-state index in [1.54, 1.807) is 11.8 Å². The summed E-state index contributed by atoms with van der Waals surface area (Å²) >= 11 is 1.67. The molecule has 0 unspecified atom stereocenters. The number of fused-ring (bicyclic) bond motifs is 1. The lowest BCUT2D eigenvalue weighted by Gasteiger charge is -2.18. The number of thioether (sulfide) groups is 1. The average Bonchev–Trinajstić information content (AvgIpc) is 2.17. The Morgan fingerprint density at radius 3 is 3.00 bits per heavy atom. The maximum atomic E-state index is 11.2. The van der Waals surface area contributed by atoms with E-state index in [0.717, 1.165) is 17.0 Å². The Bertz CT molecular complexity index is 335. The minimum absolute atomic E-state index is 0.133. The zero-order valence-corrected chi connectivity index (χ0v) is 8.28. The summed E-state index contributed by atoms with van der Waals surface area (Å²) in [5, 5.41) is 2.92. The number of carbonyl (C=O) groups excluding carboxylic acids is 1. The van der Waals surface area contributed by atoms with Gasteiger partial charge in [-0.3, -0.25) is 4.79 Å².